The summed E-state index contributed by atoms with van der Waals surface area (Å²) >= 11 is 0. The topological polar surface area (TPSA) is 8.29 Å². The van der Waals surface area contributed by atoms with Gasteiger partial charge in [0.2, 0.25) is 5.52 Å². The van der Waals surface area contributed by atoms with E-state index in [4.69, 9.17) is 0 Å². The second-order valence-corrected chi connectivity index (χ2v) is 12.5. The molecule has 0 radical (unpaired) electrons. The first-order valence-corrected chi connectivity index (χ1v) is 13.7. The first-order chi connectivity index (χ1) is 17.2. The molecule has 0 bridgehead atoms. The van der Waals surface area contributed by atoms with Gasteiger partial charge in [0, 0.05) is 16.8 Å². The van der Waals surface area contributed by atoms with E-state index >= 15 is 0 Å². The second-order valence-electron chi connectivity index (χ2n) is 12.5. The molecule has 0 N–H and O–H groups in total. The zero-order valence-electron chi connectivity index (χ0n) is 22.8. The van der Waals surface area contributed by atoms with Gasteiger partial charge in [-0.3, -0.25) is 0 Å². The van der Waals surface area contributed by atoms with E-state index in [2.05, 4.69) is 100 Å². The van der Waals surface area contributed by atoms with E-state index in [1.807, 2.05) is 0 Å². The molecule has 0 unspecified atom stereocenters. The average Bonchev–Trinajstić information content (AvgIpc) is 3.19. The van der Waals surface area contributed by atoms with Crippen LogP contribution in [0.15, 0.2) is 42.6 Å². The Hall–Kier alpha value is -3.13. The molecule has 1 aliphatic rings. The summed E-state index contributed by atoms with van der Waals surface area (Å²) in [5.74, 6) is 0.626. The van der Waals surface area contributed by atoms with Crippen molar-refractivity contribution in [1.82, 2.24) is 4.40 Å². The molecule has 0 aliphatic heterocycles. The van der Waals surface area contributed by atoms with Gasteiger partial charge in [-0.05, 0) is 110 Å². The van der Waals surface area contributed by atoms with Crippen LogP contribution in [0.4, 0.5) is 0 Å². The Bertz CT molecular complexity index is 1850. The van der Waals surface area contributed by atoms with Gasteiger partial charge in [-0.2, -0.15) is 0 Å². The summed E-state index contributed by atoms with van der Waals surface area (Å²) in [6.45, 7) is 14.1. The molecule has 1 fully saturated rings. The zero-order chi connectivity index (χ0) is 25.1. The number of hydrogen-bond acceptors (Lipinski definition) is 0. The van der Waals surface area contributed by atoms with Gasteiger partial charge >= 0.3 is 0 Å². The highest BCUT2D eigenvalue weighted by Gasteiger charge is 2.32. The molecule has 0 amide bonds. The standard InChI is InChI=1S/C34H37N2/c1-19-9-8-10-26-27(19)30-25(23-11-14-34(5,6)15-12-23)18-24-13-16-35(7)32-28-22(4)20(2)17-21(3)31(28)36(26)33(30)29(24)32/h8-10,13,16-18,23H,11-12,14-15H2,1-7H3/q+1. The summed E-state index contributed by atoms with van der Waals surface area (Å²) < 4.78 is 5.00. The number of nitrogens with zero attached hydrogens (tertiary/aromatic N) is 2. The van der Waals surface area contributed by atoms with Crippen LogP contribution < -0.4 is 4.57 Å². The molecule has 7 rings (SSSR count). The van der Waals surface area contributed by atoms with E-state index in [0.29, 0.717) is 11.3 Å². The number of aryl methyl sites for hydroxylation is 5. The van der Waals surface area contributed by atoms with E-state index in [0.717, 1.165) is 0 Å². The molecule has 0 saturated heterocycles. The highest BCUT2D eigenvalue weighted by atomic mass is 15.0. The fraction of sp³-hybridized carbons (Fsp3) is 0.382. The predicted octanol–water partition coefficient (Wildman–Crippen LogP) is 8.73. The molecule has 2 nitrogen and oxygen atoms in total. The Morgan fingerprint density at radius 3 is 2.31 bits per heavy atom. The van der Waals surface area contributed by atoms with Crippen molar-refractivity contribution in [2.75, 3.05) is 0 Å². The minimum atomic E-state index is 0.466. The van der Waals surface area contributed by atoms with Crippen molar-refractivity contribution < 1.29 is 4.57 Å². The van der Waals surface area contributed by atoms with Gasteiger partial charge in [0.05, 0.1) is 27.3 Å². The molecular weight excluding hydrogens is 436 g/mol. The second kappa shape index (κ2) is 7.22. The molecule has 2 heteroatoms. The Labute approximate surface area is 213 Å². The Kier molecular flexibility index (Phi) is 4.43. The fourth-order valence-electron chi connectivity index (χ4n) is 7.52. The third-order valence-corrected chi connectivity index (χ3v) is 9.64. The number of fused-ring (bicyclic) bond motifs is 6. The first kappa shape index (κ1) is 22.1. The van der Waals surface area contributed by atoms with Crippen molar-refractivity contribution in [3.63, 3.8) is 0 Å². The molecule has 1 saturated carbocycles. The van der Waals surface area contributed by atoms with Crippen LogP contribution >= 0.6 is 0 Å². The van der Waals surface area contributed by atoms with Crippen molar-refractivity contribution >= 4 is 49.0 Å². The predicted molar refractivity (Wildman–Crippen MR) is 154 cm³/mol. The fourth-order valence-corrected chi connectivity index (χ4v) is 7.52. The molecular formula is C34H37N2+. The van der Waals surface area contributed by atoms with Crippen molar-refractivity contribution in [2.45, 2.75) is 73.1 Å². The SMILES string of the molecule is Cc1cc(C)c2c(c1C)c1c3c(cc[n+]1C)cc(C1CCC(C)(C)CC1)c1c4c(C)cccc4n2c13. The van der Waals surface area contributed by atoms with Gasteiger partial charge in [0.25, 0.3) is 0 Å². The minimum Gasteiger partial charge on any atom is -0.307 e. The lowest BCUT2D eigenvalue weighted by atomic mass is 9.70. The van der Waals surface area contributed by atoms with Crippen LogP contribution in [0, 0.1) is 33.1 Å². The molecule has 6 aromatic rings. The van der Waals surface area contributed by atoms with E-state index in [9.17, 15) is 0 Å². The third kappa shape index (κ3) is 2.76. The minimum absolute atomic E-state index is 0.466. The van der Waals surface area contributed by atoms with Crippen LogP contribution in [0.1, 0.15) is 73.3 Å². The van der Waals surface area contributed by atoms with E-state index in [1.165, 1.54) is 96.9 Å². The maximum absolute atomic E-state index is 2.64. The zero-order valence-corrected chi connectivity index (χ0v) is 22.8. The lowest BCUT2D eigenvalue weighted by molar-refractivity contribution is -0.643. The average molecular weight is 474 g/mol. The van der Waals surface area contributed by atoms with Gasteiger partial charge in [0.15, 0.2) is 6.20 Å². The van der Waals surface area contributed by atoms with Crippen LogP contribution in [-0.4, -0.2) is 4.40 Å². The first-order valence-electron chi connectivity index (χ1n) is 13.7. The normalized spacial score (nSPS) is 17.0. The van der Waals surface area contributed by atoms with E-state index in [1.54, 1.807) is 5.56 Å². The molecule has 3 aromatic carbocycles. The van der Waals surface area contributed by atoms with Crippen LogP contribution in [0.2, 0.25) is 0 Å². The molecule has 36 heavy (non-hydrogen) atoms. The lowest BCUT2D eigenvalue weighted by Gasteiger charge is -2.35. The number of rotatable bonds is 1. The summed E-state index contributed by atoms with van der Waals surface area (Å²) in [4.78, 5) is 0. The molecule has 1 aliphatic carbocycles. The van der Waals surface area contributed by atoms with E-state index in [-0.39, 0.29) is 0 Å². The van der Waals surface area contributed by atoms with Crippen molar-refractivity contribution in [2.24, 2.45) is 12.5 Å². The van der Waals surface area contributed by atoms with Crippen molar-refractivity contribution in [3.8, 4) is 0 Å². The molecule has 182 valence electrons. The highest BCUT2D eigenvalue weighted by Crippen LogP contribution is 2.49. The molecule has 0 spiro atoms. The summed E-state index contributed by atoms with van der Waals surface area (Å²) in [5, 5.41) is 7.18. The molecule has 3 aromatic heterocycles. The maximum Gasteiger partial charge on any atom is 0.224 e. The summed E-state index contributed by atoms with van der Waals surface area (Å²) in [7, 11) is 2.22. The van der Waals surface area contributed by atoms with Crippen LogP contribution in [-0.2, 0) is 7.05 Å². The van der Waals surface area contributed by atoms with Crippen LogP contribution in [0.3, 0.4) is 0 Å². The smallest absolute Gasteiger partial charge is 0.224 e. The largest absolute Gasteiger partial charge is 0.307 e. The number of pyridine rings is 2. The number of aromatic nitrogens is 2. The van der Waals surface area contributed by atoms with Crippen LogP contribution in [0.5, 0.6) is 0 Å². The summed E-state index contributed by atoms with van der Waals surface area (Å²) in [6.07, 6.45) is 7.47. The third-order valence-electron chi connectivity index (χ3n) is 9.64. The monoisotopic (exact) mass is 473 g/mol. The van der Waals surface area contributed by atoms with Gasteiger partial charge in [0.1, 0.15) is 7.05 Å². The number of benzene rings is 3. The summed E-state index contributed by atoms with van der Waals surface area (Å²) in [6, 6.07) is 14.2. The van der Waals surface area contributed by atoms with Crippen molar-refractivity contribution in [3.05, 3.63) is 70.4 Å². The van der Waals surface area contributed by atoms with Gasteiger partial charge in [-0.1, -0.05) is 32.0 Å². The molecule has 3 heterocycles. The lowest BCUT2D eigenvalue weighted by Crippen LogP contribution is -2.29. The summed E-state index contributed by atoms with van der Waals surface area (Å²) in [5.41, 5.74) is 13.1. The van der Waals surface area contributed by atoms with Crippen LogP contribution in [0.25, 0.3) is 49.0 Å². The molecule has 0 atom stereocenters. The Morgan fingerprint density at radius 2 is 1.56 bits per heavy atom. The Balaban J connectivity index is 1.79. The Morgan fingerprint density at radius 1 is 0.806 bits per heavy atom. The van der Waals surface area contributed by atoms with Gasteiger partial charge in [-0.25, -0.2) is 4.57 Å². The van der Waals surface area contributed by atoms with Gasteiger partial charge in [-0.15, -0.1) is 0 Å². The van der Waals surface area contributed by atoms with Gasteiger partial charge < -0.3 is 4.40 Å². The maximum atomic E-state index is 2.64. The quantitative estimate of drug-likeness (QED) is 0.128. The van der Waals surface area contributed by atoms with Crippen molar-refractivity contribution in [1.29, 1.82) is 0 Å². The van der Waals surface area contributed by atoms with E-state index < -0.39 is 0 Å². The number of hydrogen-bond donors (Lipinski definition) is 0. The highest BCUT2D eigenvalue weighted by molar-refractivity contribution is 6.29.